The highest BCUT2D eigenvalue weighted by Gasteiger charge is 2.21. The number of aromatic nitrogens is 1. The van der Waals surface area contributed by atoms with Crippen molar-refractivity contribution >= 4 is 16.7 Å². The van der Waals surface area contributed by atoms with Crippen molar-refractivity contribution in [2.75, 3.05) is 6.61 Å². The van der Waals surface area contributed by atoms with Crippen LogP contribution in [0.1, 0.15) is 37.1 Å². The third-order valence-electron chi connectivity index (χ3n) is 4.62. The summed E-state index contributed by atoms with van der Waals surface area (Å²) < 4.78 is 6.52. The van der Waals surface area contributed by atoms with Gasteiger partial charge in [-0.1, -0.05) is 36.4 Å². The maximum atomic E-state index is 12.0. The van der Waals surface area contributed by atoms with Crippen LogP contribution in [-0.4, -0.2) is 27.4 Å². The largest absolute Gasteiger partial charge is 0.503 e. The Morgan fingerprint density at radius 3 is 2.64 bits per heavy atom. The quantitative estimate of drug-likeness (QED) is 0.614. The van der Waals surface area contributed by atoms with Gasteiger partial charge < -0.3 is 19.5 Å². The highest BCUT2D eigenvalue weighted by atomic mass is 16.5. The van der Waals surface area contributed by atoms with Gasteiger partial charge in [-0.25, -0.2) is 0 Å². The van der Waals surface area contributed by atoms with E-state index in [4.69, 9.17) is 4.74 Å². The van der Waals surface area contributed by atoms with Gasteiger partial charge in [-0.3, -0.25) is 9.59 Å². The normalized spacial score (nSPS) is 12.1. The fourth-order valence-corrected chi connectivity index (χ4v) is 3.22. The number of hydrogen-bond acceptors (Lipinski definition) is 5. The summed E-state index contributed by atoms with van der Waals surface area (Å²) in [6, 6.07) is 14.5. The number of carbonyl (C=O) groups is 1. The summed E-state index contributed by atoms with van der Waals surface area (Å²) >= 11 is 0. The number of rotatable bonds is 7. The van der Waals surface area contributed by atoms with Crippen molar-refractivity contribution in [1.29, 1.82) is 0 Å². The van der Waals surface area contributed by atoms with Gasteiger partial charge >= 0.3 is 5.97 Å². The highest BCUT2D eigenvalue weighted by molar-refractivity contribution is 5.83. The predicted octanol–water partition coefficient (Wildman–Crippen LogP) is 3.13. The molecule has 2 aromatic carbocycles. The third kappa shape index (κ3) is 4.23. The van der Waals surface area contributed by atoms with Gasteiger partial charge in [-0.15, -0.1) is 0 Å². The van der Waals surface area contributed by atoms with E-state index in [1.54, 1.807) is 17.6 Å². The van der Waals surface area contributed by atoms with Crippen LogP contribution in [-0.2, 0) is 16.1 Å². The molecule has 0 saturated carbocycles. The zero-order chi connectivity index (χ0) is 20.1. The van der Waals surface area contributed by atoms with Gasteiger partial charge in [0.1, 0.15) is 6.10 Å². The molecule has 0 aliphatic heterocycles. The molecule has 0 saturated heterocycles. The molecule has 1 unspecified atom stereocenters. The van der Waals surface area contributed by atoms with Crippen LogP contribution in [0.15, 0.2) is 59.5 Å². The van der Waals surface area contributed by atoms with E-state index in [-0.39, 0.29) is 18.1 Å². The molecular weight excluding hydrogens is 358 g/mol. The molecule has 1 atom stereocenters. The number of pyridine rings is 1. The fraction of sp³-hybridized carbons (Fsp3) is 0.273. The minimum Gasteiger partial charge on any atom is -0.503 e. The van der Waals surface area contributed by atoms with Gasteiger partial charge in [0.25, 0.3) is 0 Å². The van der Waals surface area contributed by atoms with Crippen LogP contribution < -0.4 is 5.43 Å². The Morgan fingerprint density at radius 2 is 1.89 bits per heavy atom. The molecule has 3 aromatic rings. The summed E-state index contributed by atoms with van der Waals surface area (Å²) in [5.41, 5.74) is 0.127. The Morgan fingerprint density at radius 1 is 1.14 bits per heavy atom. The number of hydrogen-bond donors (Lipinski definition) is 2. The summed E-state index contributed by atoms with van der Waals surface area (Å²) in [4.78, 5) is 23.5. The Balaban J connectivity index is 1.91. The summed E-state index contributed by atoms with van der Waals surface area (Å²) in [6.07, 6.45) is 1.01. The molecule has 0 fully saturated rings. The average Bonchev–Trinajstić information content (AvgIpc) is 2.70. The Labute approximate surface area is 162 Å². The molecule has 3 rings (SSSR count). The summed E-state index contributed by atoms with van der Waals surface area (Å²) in [7, 11) is 0. The minimum absolute atomic E-state index is 0.117. The molecule has 0 aliphatic carbocycles. The van der Waals surface area contributed by atoms with Gasteiger partial charge in [-0.05, 0) is 35.7 Å². The maximum Gasteiger partial charge on any atom is 0.305 e. The Bertz CT molecular complexity index is 1040. The van der Waals surface area contributed by atoms with Gasteiger partial charge in [0, 0.05) is 25.2 Å². The number of aromatic hydroxyl groups is 1. The molecule has 6 nitrogen and oxygen atoms in total. The number of nitrogens with zero attached hydrogens (tertiary/aromatic N) is 1. The first kappa shape index (κ1) is 19.6. The first-order valence-corrected chi connectivity index (χ1v) is 9.26. The second-order valence-corrected chi connectivity index (χ2v) is 6.52. The van der Waals surface area contributed by atoms with Crippen molar-refractivity contribution in [3.8, 4) is 5.75 Å². The number of ether oxygens (including phenoxy) is 1. The number of benzene rings is 2. The molecule has 0 aliphatic rings. The Hall–Kier alpha value is -3.12. The zero-order valence-corrected chi connectivity index (χ0v) is 15.7. The van der Waals surface area contributed by atoms with Crippen LogP contribution in [0.2, 0.25) is 0 Å². The number of aliphatic hydroxyl groups is 1. The van der Waals surface area contributed by atoms with E-state index in [2.05, 4.69) is 0 Å². The summed E-state index contributed by atoms with van der Waals surface area (Å²) in [5.74, 6) is -0.788. The number of fused-ring (bicyclic) bond motifs is 1. The second kappa shape index (κ2) is 8.71. The molecule has 0 amide bonds. The van der Waals surface area contributed by atoms with Gasteiger partial charge in [-0.2, -0.15) is 0 Å². The van der Waals surface area contributed by atoms with Crippen LogP contribution in [0.5, 0.6) is 5.75 Å². The van der Waals surface area contributed by atoms with Crippen LogP contribution in [0, 0.1) is 0 Å². The van der Waals surface area contributed by atoms with E-state index < -0.39 is 17.3 Å². The van der Waals surface area contributed by atoms with E-state index in [0.29, 0.717) is 25.1 Å². The Kier molecular flexibility index (Phi) is 6.11. The van der Waals surface area contributed by atoms with Crippen molar-refractivity contribution in [3.05, 3.63) is 76.2 Å². The lowest BCUT2D eigenvalue weighted by molar-refractivity contribution is -0.143. The SMILES string of the molecule is CCOC(=O)CCCn1ccc(=O)c(O)c1C(O)c1ccc2ccccc2c1. The average molecular weight is 381 g/mol. The number of esters is 1. The number of carbonyl (C=O) groups excluding carboxylic acids is 1. The molecule has 0 radical (unpaired) electrons. The highest BCUT2D eigenvalue weighted by Crippen LogP contribution is 2.29. The summed E-state index contributed by atoms with van der Waals surface area (Å²) in [6.45, 7) is 2.42. The fourth-order valence-electron chi connectivity index (χ4n) is 3.22. The molecule has 2 N–H and O–H groups in total. The monoisotopic (exact) mass is 381 g/mol. The van der Waals surface area contributed by atoms with E-state index in [1.165, 1.54) is 12.3 Å². The molecule has 146 valence electrons. The number of aryl methyl sites for hydroxylation is 1. The molecular formula is C22H23NO5. The molecule has 28 heavy (non-hydrogen) atoms. The van der Waals surface area contributed by atoms with Gasteiger partial charge in [0.05, 0.1) is 12.3 Å². The lowest BCUT2D eigenvalue weighted by Crippen LogP contribution is -2.17. The first-order chi connectivity index (χ1) is 13.5. The van der Waals surface area contributed by atoms with Crippen LogP contribution in [0.3, 0.4) is 0 Å². The van der Waals surface area contributed by atoms with Crippen molar-refractivity contribution < 1.29 is 19.7 Å². The molecule has 6 heteroatoms. The van der Waals surface area contributed by atoms with E-state index in [0.717, 1.165) is 10.8 Å². The predicted molar refractivity (Wildman–Crippen MR) is 106 cm³/mol. The van der Waals surface area contributed by atoms with E-state index >= 15 is 0 Å². The van der Waals surface area contributed by atoms with Crippen LogP contribution in [0.25, 0.3) is 10.8 Å². The van der Waals surface area contributed by atoms with Crippen molar-refractivity contribution in [3.63, 3.8) is 0 Å². The summed E-state index contributed by atoms with van der Waals surface area (Å²) in [5, 5.41) is 23.2. The van der Waals surface area contributed by atoms with Crippen molar-refractivity contribution in [2.24, 2.45) is 0 Å². The third-order valence-corrected chi connectivity index (χ3v) is 4.62. The van der Waals surface area contributed by atoms with Crippen molar-refractivity contribution in [2.45, 2.75) is 32.4 Å². The minimum atomic E-state index is -1.18. The van der Waals surface area contributed by atoms with E-state index in [9.17, 15) is 19.8 Å². The molecule has 1 heterocycles. The topological polar surface area (TPSA) is 88.8 Å². The standard InChI is InChI=1S/C22H23NO5/c1-2-28-19(25)8-5-12-23-13-11-18(24)22(27)20(23)21(26)17-10-9-15-6-3-4-7-16(15)14-17/h3-4,6-7,9-11,13-14,21,26-27H,2,5,8,12H2,1H3. The van der Waals surface area contributed by atoms with Crippen LogP contribution in [0.4, 0.5) is 0 Å². The molecule has 0 bridgehead atoms. The maximum absolute atomic E-state index is 12.0. The van der Waals surface area contributed by atoms with Gasteiger partial charge in [0.15, 0.2) is 5.75 Å². The zero-order valence-electron chi connectivity index (χ0n) is 15.7. The lowest BCUT2D eigenvalue weighted by Gasteiger charge is -2.20. The lowest BCUT2D eigenvalue weighted by atomic mass is 10.0. The second-order valence-electron chi connectivity index (χ2n) is 6.52. The first-order valence-electron chi connectivity index (χ1n) is 9.26. The number of aliphatic hydroxyl groups excluding tert-OH is 1. The van der Waals surface area contributed by atoms with Crippen molar-refractivity contribution in [1.82, 2.24) is 4.57 Å². The molecule has 0 spiro atoms. The van der Waals surface area contributed by atoms with Crippen LogP contribution >= 0.6 is 0 Å². The van der Waals surface area contributed by atoms with Gasteiger partial charge in [0.2, 0.25) is 5.43 Å². The van der Waals surface area contributed by atoms with E-state index in [1.807, 2.05) is 36.4 Å². The smallest absolute Gasteiger partial charge is 0.305 e. The molecule has 1 aromatic heterocycles.